The van der Waals surface area contributed by atoms with Crippen LogP contribution < -0.4 is 10.9 Å². The second kappa shape index (κ2) is 6.38. The summed E-state index contributed by atoms with van der Waals surface area (Å²) >= 11 is 5.94. The summed E-state index contributed by atoms with van der Waals surface area (Å²) in [6, 6.07) is 0. The molecule has 0 aliphatic rings. The lowest BCUT2D eigenvalue weighted by Crippen LogP contribution is -2.21. The van der Waals surface area contributed by atoms with Crippen LogP contribution in [-0.4, -0.2) is 25.9 Å². The number of aryl methyl sites for hydroxylation is 2. The van der Waals surface area contributed by atoms with Crippen LogP contribution in [0.4, 0.5) is 5.69 Å². The highest BCUT2D eigenvalue weighted by Crippen LogP contribution is 2.14. The molecule has 0 spiro atoms. The average molecular weight is 282 g/mol. The number of unbranched alkanes of at least 4 members (excludes halogenated alkanes) is 1. The number of nitrogens with zero attached hydrogens (tertiary/aromatic N) is 4. The SMILES string of the molecule is Cn1ncc(NCCCCn2ccnc2)c(Cl)c1=O. The Bertz CT molecular complexity index is 578. The van der Waals surface area contributed by atoms with Crippen LogP contribution in [0.25, 0.3) is 0 Å². The summed E-state index contributed by atoms with van der Waals surface area (Å²) in [4.78, 5) is 15.5. The van der Waals surface area contributed by atoms with Crippen molar-refractivity contribution < 1.29 is 0 Å². The van der Waals surface area contributed by atoms with Gasteiger partial charge in [-0.25, -0.2) is 9.67 Å². The van der Waals surface area contributed by atoms with Crippen LogP contribution in [0, 0.1) is 0 Å². The Morgan fingerprint density at radius 1 is 1.42 bits per heavy atom. The quantitative estimate of drug-likeness (QED) is 0.816. The smallest absolute Gasteiger partial charge is 0.287 e. The van der Waals surface area contributed by atoms with Crippen LogP contribution in [0.5, 0.6) is 0 Å². The van der Waals surface area contributed by atoms with Gasteiger partial charge in [-0.15, -0.1) is 0 Å². The molecule has 0 amide bonds. The maximum atomic E-state index is 11.6. The monoisotopic (exact) mass is 281 g/mol. The van der Waals surface area contributed by atoms with E-state index < -0.39 is 0 Å². The number of rotatable bonds is 6. The maximum Gasteiger partial charge on any atom is 0.287 e. The molecule has 0 fully saturated rings. The molecule has 0 aliphatic carbocycles. The Hall–Kier alpha value is -1.82. The highest BCUT2D eigenvalue weighted by Gasteiger charge is 2.06. The van der Waals surface area contributed by atoms with Gasteiger partial charge < -0.3 is 9.88 Å². The number of nitrogens with one attached hydrogen (secondary N) is 1. The Labute approximate surface area is 116 Å². The lowest BCUT2D eigenvalue weighted by atomic mass is 10.3. The van der Waals surface area contributed by atoms with E-state index in [9.17, 15) is 4.79 Å². The van der Waals surface area contributed by atoms with E-state index in [0.29, 0.717) is 5.69 Å². The van der Waals surface area contributed by atoms with Gasteiger partial charge in [0, 0.05) is 32.5 Å². The minimum atomic E-state index is -0.287. The molecule has 0 saturated carbocycles. The second-order valence-corrected chi connectivity index (χ2v) is 4.61. The fraction of sp³-hybridized carbons (Fsp3) is 0.417. The molecule has 1 N–H and O–H groups in total. The molecule has 19 heavy (non-hydrogen) atoms. The van der Waals surface area contributed by atoms with Gasteiger partial charge >= 0.3 is 0 Å². The first kappa shape index (κ1) is 13.6. The minimum Gasteiger partial charge on any atom is -0.382 e. The summed E-state index contributed by atoms with van der Waals surface area (Å²) in [6.07, 6.45) is 9.08. The fourth-order valence-electron chi connectivity index (χ4n) is 1.70. The van der Waals surface area contributed by atoms with E-state index in [-0.39, 0.29) is 10.6 Å². The first-order valence-electron chi connectivity index (χ1n) is 6.10. The number of hydrogen-bond donors (Lipinski definition) is 1. The number of imidazole rings is 1. The van der Waals surface area contributed by atoms with Crippen molar-refractivity contribution >= 4 is 17.3 Å². The molecular weight excluding hydrogens is 266 g/mol. The fourth-order valence-corrected chi connectivity index (χ4v) is 1.93. The van der Waals surface area contributed by atoms with Gasteiger partial charge in [-0.3, -0.25) is 4.79 Å². The predicted octanol–water partition coefficient (Wildman–Crippen LogP) is 1.52. The average Bonchev–Trinajstić information content (AvgIpc) is 2.91. The Balaban J connectivity index is 1.77. The van der Waals surface area contributed by atoms with Crippen LogP contribution in [0.2, 0.25) is 5.02 Å². The summed E-state index contributed by atoms with van der Waals surface area (Å²) in [7, 11) is 1.57. The van der Waals surface area contributed by atoms with E-state index in [1.165, 1.54) is 4.68 Å². The van der Waals surface area contributed by atoms with Crippen molar-refractivity contribution in [3.05, 3.63) is 40.3 Å². The van der Waals surface area contributed by atoms with Crippen molar-refractivity contribution in [2.75, 3.05) is 11.9 Å². The topological polar surface area (TPSA) is 64.7 Å². The predicted molar refractivity (Wildman–Crippen MR) is 74.4 cm³/mol. The third kappa shape index (κ3) is 3.57. The molecule has 0 saturated heterocycles. The maximum absolute atomic E-state index is 11.6. The van der Waals surface area contributed by atoms with Gasteiger partial charge in [0.15, 0.2) is 0 Å². The standard InChI is InChI=1S/C12H16ClN5O/c1-17-12(19)11(13)10(8-16-17)15-4-2-3-6-18-7-5-14-9-18/h5,7-9,15H,2-4,6H2,1H3. The summed E-state index contributed by atoms with van der Waals surface area (Å²) in [6.45, 7) is 1.69. The summed E-state index contributed by atoms with van der Waals surface area (Å²) in [5, 5.41) is 7.24. The van der Waals surface area contributed by atoms with Crippen molar-refractivity contribution in [3.63, 3.8) is 0 Å². The van der Waals surface area contributed by atoms with E-state index >= 15 is 0 Å². The van der Waals surface area contributed by atoms with Gasteiger partial charge in [-0.2, -0.15) is 5.10 Å². The molecular formula is C12H16ClN5O. The van der Waals surface area contributed by atoms with Crippen LogP contribution in [0.1, 0.15) is 12.8 Å². The molecule has 0 radical (unpaired) electrons. The normalized spacial score (nSPS) is 10.6. The van der Waals surface area contributed by atoms with Gasteiger partial charge in [0.1, 0.15) is 5.02 Å². The summed E-state index contributed by atoms with van der Waals surface area (Å²) < 4.78 is 3.25. The third-order valence-corrected chi connectivity index (χ3v) is 3.16. The van der Waals surface area contributed by atoms with Crippen LogP contribution in [0.15, 0.2) is 29.7 Å². The van der Waals surface area contributed by atoms with Crippen molar-refractivity contribution in [2.45, 2.75) is 19.4 Å². The van der Waals surface area contributed by atoms with Gasteiger partial charge in [0.2, 0.25) is 0 Å². The lowest BCUT2D eigenvalue weighted by Gasteiger charge is -2.08. The van der Waals surface area contributed by atoms with E-state index in [1.807, 2.05) is 10.8 Å². The van der Waals surface area contributed by atoms with Crippen molar-refractivity contribution in [1.82, 2.24) is 19.3 Å². The van der Waals surface area contributed by atoms with Gasteiger partial charge in [0.25, 0.3) is 5.56 Å². The third-order valence-electron chi connectivity index (χ3n) is 2.80. The van der Waals surface area contributed by atoms with E-state index in [0.717, 1.165) is 25.9 Å². The first-order valence-corrected chi connectivity index (χ1v) is 6.47. The van der Waals surface area contributed by atoms with Crippen molar-refractivity contribution in [1.29, 1.82) is 0 Å². The molecule has 0 aromatic carbocycles. The van der Waals surface area contributed by atoms with Gasteiger partial charge in [-0.05, 0) is 12.8 Å². The summed E-state index contributed by atoms with van der Waals surface area (Å²) in [5.74, 6) is 0. The van der Waals surface area contributed by atoms with Crippen molar-refractivity contribution in [2.24, 2.45) is 7.05 Å². The molecule has 2 rings (SSSR count). The summed E-state index contributed by atoms with van der Waals surface area (Å²) in [5.41, 5.74) is 0.303. The van der Waals surface area contributed by atoms with Crippen molar-refractivity contribution in [3.8, 4) is 0 Å². The van der Waals surface area contributed by atoms with E-state index in [1.54, 1.807) is 25.8 Å². The minimum absolute atomic E-state index is 0.187. The number of anilines is 1. The highest BCUT2D eigenvalue weighted by molar-refractivity contribution is 6.32. The molecule has 0 aliphatic heterocycles. The van der Waals surface area contributed by atoms with Crippen LogP contribution >= 0.6 is 11.6 Å². The Morgan fingerprint density at radius 2 is 2.26 bits per heavy atom. The van der Waals surface area contributed by atoms with E-state index in [2.05, 4.69) is 15.4 Å². The molecule has 0 unspecified atom stereocenters. The number of halogens is 1. The molecule has 0 atom stereocenters. The van der Waals surface area contributed by atoms with E-state index in [4.69, 9.17) is 11.6 Å². The zero-order chi connectivity index (χ0) is 13.7. The molecule has 0 bridgehead atoms. The van der Waals surface area contributed by atoms with Gasteiger partial charge in [0.05, 0.1) is 18.2 Å². The number of hydrogen-bond acceptors (Lipinski definition) is 4. The molecule has 2 aromatic heterocycles. The lowest BCUT2D eigenvalue weighted by molar-refractivity contribution is 0.620. The molecule has 2 heterocycles. The first-order chi connectivity index (χ1) is 9.18. The molecule has 6 nitrogen and oxygen atoms in total. The van der Waals surface area contributed by atoms with Gasteiger partial charge in [-0.1, -0.05) is 11.6 Å². The highest BCUT2D eigenvalue weighted by atomic mass is 35.5. The Kier molecular flexibility index (Phi) is 4.57. The Morgan fingerprint density at radius 3 is 3.00 bits per heavy atom. The number of aromatic nitrogens is 4. The zero-order valence-corrected chi connectivity index (χ0v) is 11.5. The van der Waals surface area contributed by atoms with Crippen LogP contribution in [-0.2, 0) is 13.6 Å². The zero-order valence-electron chi connectivity index (χ0n) is 10.7. The molecule has 2 aromatic rings. The largest absolute Gasteiger partial charge is 0.382 e. The second-order valence-electron chi connectivity index (χ2n) is 4.24. The molecule has 102 valence electrons. The van der Waals surface area contributed by atoms with Crippen LogP contribution in [0.3, 0.4) is 0 Å². The molecule has 7 heteroatoms.